The van der Waals surface area contributed by atoms with Gasteiger partial charge in [0.25, 0.3) is 11.5 Å². The van der Waals surface area contributed by atoms with Crippen molar-refractivity contribution >= 4 is 17.2 Å². The summed E-state index contributed by atoms with van der Waals surface area (Å²) in [4.78, 5) is 36.5. The zero-order chi connectivity index (χ0) is 25.2. The van der Waals surface area contributed by atoms with Crippen molar-refractivity contribution in [1.82, 2.24) is 14.8 Å². The highest BCUT2D eigenvalue weighted by Gasteiger charge is 2.29. The normalized spacial score (nSPS) is 20.2. The predicted molar refractivity (Wildman–Crippen MR) is 148 cm³/mol. The second-order valence-electron chi connectivity index (χ2n) is 11.7. The Morgan fingerprint density at radius 2 is 1.72 bits per heavy atom. The Morgan fingerprint density at radius 3 is 2.44 bits per heavy atom. The Balaban J connectivity index is 1.21. The van der Waals surface area contributed by atoms with Crippen molar-refractivity contribution in [2.24, 2.45) is 11.8 Å². The second-order valence-corrected chi connectivity index (χ2v) is 12.8. The number of nitrogens with zero attached hydrogens (tertiary/aromatic N) is 2. The third-order valence-corrected chi connectivity index (χ3v) is 10.4. The summed E-state index contributed by atoms with van der Waals surface area (Å²) >= 11 is 1.88. The van der Waals surface area contributed by atoms with Gasteiger partial charge in [-0.05, 0) is 114 Å². The number of amides is 1. The molecular formula is C30H43N3O2S. The summed E-state index contributed by atoms with van der Waals surface area (Å²) in [6.07, 6.45) is 12.7. The molecule has 0 bridgehead atoms. The van der Waals surface area contributed by atoms with Crippen LogP contribution in [-0.2, 0) is 19.4 Å². The molecule has 6 heteroatoms. The van der Waals surface area contributed by atoms with E-state index in [-0.39, 0.29) is 11.5 Å². The van der Waals surface area contributed by atoms with Gasteiger partial charge < -0.3 is 14.8 Å². The number of rotatable bonds is 7. The number of hydrogen-bond acceptors (Lipinski definition) is 4. The summed E-state index contributed by atoms with van der Waals surface area (Å²) in [5.74, 6) is 1.88. The van der Waals surface area contributed by atoms with Crippen molar-refractivity contribution in [3.8, 4) is 0 Å². The van der Waals surface area contributed by atoms with E-state index < -0.39 is 0 Å². The minimum absolute atomic E-state index is 0.0678. The molecule has 0 aromatic carbocycles. The third kappa shape index (κ3) is 5.65. The van der Waals surface area contributed by atoms with Crippen LogP contribution in [0.5, 0.6) is 0 Å². The van der Waals surface area contributed by atoms with Crippen molar-refractivity contribution in [3.05, 3.63) is 54.1 Å². The summed E-state index contributed by atoms with van der Waals surface area (Å²) in [7, 11) is 0. The van der Waals surface area contributed by atoms with Crippen LogP contribution in [0.1, 0.15) is 93.9 Å². The van der Waals surface area contributed by atoms with Crippen LogP contribution in [0.25, 0.3) is 0 Å². The number of likely N-dealkylation sites (tertiary alicyclic amines) is 1. The monoisotopic (exact) mass is 509 g/mol. The lowest BCUT2D eigenvalue weighted by atomic mass is 9.90. The van der Waals surface area contributed by atoms with Crippen molar-refractivity contribution in [2.45, 2.75) is 91.5 Å². The lowest BCUT2D eigenvalue weighted by Gasteiger charge is -2.33. The summed E-state index contributed by atoms with van der Waals surface area (Å²) in [6, 6.07) is 2.00. The molecule has 1 saturated carbocycles. The van der Waals surface area contributed by atoms with Crippen LogP contribution in [0, 0.1) is 32.6 Å². The van der Waals surface area contributed by atoms with Crippen LogP contribution in [0.15, 0.2) is 10.9 Å². The van der Waals surface area contributed by atoms with E-state index in [1.54, 1.807) is 0 Å². The molecule has 36 heavy (non-hydrogen) atoms. The largest absolute Gasteiger partial charge is 0.334 e. The summed E-state index contributed by atoms with van der Waals surface area (Å²) in [5, 5.41) is 0. The van der Waals surface area contributed by atoms with Gasteiger partial charge in [0.2, 0.25) is 0 Å². The van der Waals surface area contributed by atoms with Crippen molar-refractivity contribution < 1.29 is 4.79 Å². The van der Waals surface area contributed by atoms with Gasteiger partial charge in [0.1, 0.15) is 0 Å². The van der Waals surface area contributed by atoms with Gasteiger partial charge in [0.05, 0.1) is 12.1 Å². The molecule has 2 fully saturated rings. The smallest absolute Gasteiger partial charge is 0.255 e. The van der Waals surface area contributed by atoms with E-state index in [9.17, 15) is 9.59 Å². The predicted octanol–water partition coefficient (Wildman–Crippen LogP) is 5.79. The first-order valence-corrected chi connectivity index (χ1v) is 15.0. The quantitative estimate of drug-likeness (QED) is 0.514. The Bertz CT molecular complexity index is 1140. The number of fused-ring (bicyclic) bond motifs is 1. The van der Waals surface area contributed by atoms with Gasteiger partial charge in [0.15, 0.2) is 0 Å². The van der Waals surface area contributed by atoms with Crippen LogP contribution in [-0.4, -0.2) is 46.9 Å². The molecule has 1 N–H and O–H groups in total. The SMILES string of the molecule is Cc1cc(C)c(CN2CCCc3sc(CCC4CCN(CC5CCCC5)CC4)c(C)c3C2=O)c(=O)[nH]1. The Labute approximate surface area is 220 Å². The summed E-state index contributed by atoms with van der Waals surface area (Å²) in [5.41, 5.74) is 4.60. The highest BCUT2D eigenvalue weighted by molar-refractivity contribution is 7.12. The molecule has 5 nitrogen and oxygen atoms in total. The molecule has 1 saturated heterocycles. The van der Waals surface area contributed by atoms with E-state index in [0.29, 0.717) is 18.7 Å². The van der Waals surface area contributed by atoms with Crippen molar-refractivity contribution in [3.63, 3.8) is 0 Å². The number of nitrogens with one attached hydrogen (secondary N) is 1. The first-order valence-electron chi connectivity index (χ1n) is 14.2. The van der Waals surface area contributed by atoms with Gasteiger partial charge in [-0.15, -0.1) is 11.3 Å². The lowest BCUT2D eigenvalue weighted by molar-refractivity contribution is 0.0747. The van der Waals surface area contributed by atoms with Gasteiger partial charge >= 0.3 is 0 Å². The highest BCUT2D eigenvalue weighted by Crippen LogP contribution is 2.35. The zero-order valence-electron chi connectivity index (χ0n) is 22.5. The molecule has 1 aliphatic carbocycles. The number of carbonyl (C=O) groups is 1. The third-order valence-electron chi connectivity index (χ3n) is 8.97. The maximum Gasteiger partial charge on any atom is 0.255 e. The van der Waals surface area contributed by atoms with Crippen LogP contribution < -0.4 is 5.56 Å². The fourth-order valence-corrected chi connectivity index (χ4v) is 8.14. The number of piperidine rings is 1. The molecule has 5 rings (SSSR count). The first-order chi connectivity index (χ1) is 17.4. The Kier molecular flexibility index (Phi) is 8.02. The molecule has 2 aromatic rings. The minimum atomic E-state index is -0.0678. The molecule has 3 aliphatic rings. The lowest BCUT2D eigenvalue weighted by Crippen LogP contribution is -2.36. The molecule has 4 heterocycles. The van der Waals surface area contributed by atoms with E-state index in [2.05, 4.69) is 16.8 Å². The van der Waals surface area contributed by atoms with Gasteiger partial charge in [-0.1, -0.05) is 12.8 Å². The number of thiophene rings is 1. The van der Waals surface area contributed by atoms with Crippen LogP contribution in [0.4, 0.5) is 0 Å². The zero-order valence-corrected chi connectivity index (χ0v) is 23.3. The molecule has 1 amide bonds. The van der Waals surface area contributed by atoms with Gasteiger partial charge in [-0.3, -0.25) is 9.59 Å². The molecule has 0 spiro atoms. The molecule has 0 unspecified atom stereocenters. The minimum Gasteiger partial charge on any atom is -0.334 e. The number of H-pyrrole nitrogens is 1. The van der Waals surface area contributed by atoms with E-state index >= 15 is 0 Å². The van der Waals surface area contributed by atoms with E-state index in [0.717, 1.165) is 47.9 Å². The molecular weight excluding hydrogens is 466 g/mol. The number of aromatic nitrogens is 1. The topological polar surface area (TPSA) is 56.4 Å². The number of carbonyl (C=O) groups excluding carboxylic acids is 1. The van der Waals surface area contributed by atoms with E-state index in [1.807, 2.05) is 36.2 Å². The Morgan fingerprint density at radius 1 is 0.972 bits per heavy atom. The fourth-order valence-electron chi connectivity index (χ4n) is 6.78. The fraction of sp³-hybridized carbons (Fsp3) is 0.667. The maximum atomic E-state index is 13.7. The molecule has 196 valence electrons. The average molecular weight is 510 g/mol. The standard InChI is InChI=1S/C30H43N3O2S/c1-20-17-21(2)31-29(34)25(20)19-33-14-6-9-27-28(30(33)35)22(3)26(36-27)11-10-23-12-15-32(16-13-23)18-24-7-4-5-8-24/h17,23-24H,4-16,18-19H2,1-3H3,(H,31,34). The van der Waals surface area contributed by atoms with Crippen LogP contribution in [0.3, 0.4) is 0 Å². The molecule has 0 radical (unpaired) electrons. The van der Waals surface area contributed by atoms with Crippen LogP contribution in [0.2, 0.25) is 0 Å². The van der Waals surface area contributed by atoms with Crippen molar-refractivity contribution in [1.29, 1.82) is 0 Å². The molecule has 2 aliphatic heterocycles. The Hall–Kier alpha value is -1.92. The second kappa shape index (κ2) is 11.2. The van der Waals surface area contributed by atoms with Crippen LogP contribution >= 0.6 is 11.3 Å². The maximum absolute atomic E-state index is 13.7. The molecule has 0 atom stereocenters. The molecule has 2 aromatic heterocycles. The van der Waals surface area contributed by atoms with E-state index in [4.69, 9.17) is 0 Å². The van der Waals surface area contributed by atoms with Crippen molar-refractivity contribution in [2.75, 3.05) is 26.2 Å². The summed E-state index contributed by atoms with van der Waals surface area (Å²) in [6.45, 7) is 11.0. The van der Waals surface area contributed by atoms with Gasteiger partial charge in [-0.25, -0.2) is 0 Å². The number of pyridine rings is 1. The number of aromatic amines is 1. The number of aryl methyl sites for hydroxylation is 4. The average Bonchev–Trinajstić information content (AvgIpc) is 3.43. The number of hydrogen-bond donors (Lipinski definition) is 1. The van der Waals surface area contributed by atoms with Gasteiger partial charge in [-0.2, -0.15) is 0 Å². The highest BCUT2D eigenvalue weighted by atomic mass is 32.1. The van der Waals surface area contributed by atoms with Gasteiger partial charge in [0, 0.05) is 34.1 Å². The summed E-state index contributed by atoms with van der Waals surface area (Å²) < 4.78 is 0. The van der Waals surface area contributed by atoms with E-state index in [1.165, 1.54) is 79.9 Å². The first kappa shape index (κ1) is 25.7.